The fourth-order valence-corrected chi connectivity index (χ4v) is 2.39. The molecule has 0 fully saturated rings. The van der Waals surface area contributed by atoms with Gasteiger partial charge in [-0.2, -0.15) is 0 Å². The van der Waals surface area contributed by atoms with E-state index in [0.29, 0.717) is 12.4 Å². The van der Waals surface area contributed by atoms with Crippen molar-refractivity contribution in [2.45, 2.75) is 18.2 Å². The number of carboxylic acids is 1. The van der Waals surface area contributed by atoms with Crippen LogP contribution in [0.5, 0.6) is 5.75 Å². The number of rotatable bonds is 6. The number of carbonyl (C=O) groups is 2. The Labute approximate surface area is 128 Å². The summed E-state index contributed by atoms with van der Waals surface area (Å²) in [5.41, 5.74) is 0.165. The van der Waals surface area contributed by atoms with Crippen LogP contribution in [0.15, 0.2) is 12.1 Å². The molecule has 0 bridgehead atoms. The lowest BCUT2D eigenvalue weighted by Crippen LogP contribution is -2.18. The number of ketones is 1. The fraction of sp³-hybridized carbons (Fsp3) is 0.333. The number of benzene rings is 1. The van der Waals surface area contributed by atoms with Crippen LogP contribution >= 0.6 is 39.1 Å². The lowest BCUT2D eigenvalue weighted by Gasteiger charge is -2.11. The van der Waals surface area contributed by atoms with Crippen molar-refractivity contribution in [1.29, 1.82) is 0 Å². The molecule has 0 aromatic heterocycles. The standard InChI is InChI=1S/C12H11BrCl2O4/c1-2-19-10-5-8(14)6(3-9(10)15)12(18)7(13)4-11(16)17/h3,5,7H,2,4H2,1H3,(H,16,17). The second-order valence-electron chi connectivity index (χ2n) is 3.63. The molecule has 0 heterocycles. The van der Waals surface area contributed by atoms with E-state index in [-0.39, 0.29) is 22.0 Å². The fourth-order valence-electron chi connectivity index (χ4n) is 1.40. The molecule has 1 rings (SSSR count). The molecule has 0 amide bonds. The van der Waals surface area contributed by atoms with E-state index in [1.165, 1.54) is 12.1 Å². The first-order valence-electron chi connectivity index (χ1n) is 5.38. The number of ether oxygens (including phenoxy) is 1. The van der Waals surface area contributed by atoms with E-state index < -0.39 is 16.6 Å². The molecule has 1 atom stereocenters. The highest BCUT2D eigenvalue weighted by Crippen LogP contribution is 2.32. The second kappa shape index (κ2) is 7.12. The topological polar surface area (TPSA) is 63.6 Å². The van der Waals surface area contributed by atoms with Crippen molar-refractivity contribution in [3.05, 3.63) is 27.7 Å². The molecular formula is C12H11BrCl2O4. The van der Waals surface area contributed by atoms with Crippen molar-refractivity contribution in [2.24, 2.45) is 0 Å². The van der Waals surface area contributed by atoms with Gasteiger partial charge in [-0.3, -0.25) is 9.59 Å². The van der Waals surface area contributed by atoms with Crippen LogP contribution in [-0.2, 0) is 4.79 Å². The first-order chi connectivity index (χ1) is 8.86. The zero-order valence-corrected chi connectivity index (χ0v) is 13.0. The van der Waals surface area contributed by atoms with Crippen molar-refractivity contribution >= 4 is 50.9 Å². The number of alkyl halides is 1. The van der Waals surface area contributed by atoms with Crippen LogP contribution in [-0.4, -0.2) is 28.3 Å². The molecule has 0 spiro atoms. The van der Waals surface area contributed by atoms with Crippen LogP contribution < -0.4 is 4.74 Å². The van der Waals surface area contributed by atoms with Gasteiger partial charge in [0.15, 0.2) is 5.78 Å². The molecular weight excluding hydrogens is 359 g/mol. The average molecular weight is 370 g/mol. The van der Waals surface area contributed by atoms with Gasteiger partial charge in [0, 0.05) is 11.6 Å². The predicted octanol–water partition coefficient (Wildman–Crippen LogP) is 3.81. The number of hydrogen-bond donors (Lipinski definition) is 1. The van der Waals surface area contributed by atoms with Gasteiger partial charge in [-0.05, 0) is 13.0 Å². The van der Waals surface area contributed by atoms with E-state index in [1.807, 2.05) is 0 Å². The Morgan fingerprint density at radius 3 is 2.53 bits per heavy atom. The van der Waals surface area contributed by atoms with Crippen molar-refractivity contribution in [1.82, 2.24) is 0 Å². The Kier molecular flexibility index (Phi) is 6.10. The molecule has 7 heteroatoms. The maximum atomic E-state index is 12.0. The summed E-state index contributed by atoms with van der Waals surface area (Å²) in [6.07, 6.45) is -0.333. The molecule has 4 nitrogen and oxygen atoms in total. The average Bonchev–Trinajstić information content (AvgIpc) is 2.32. The summed E-state index contributed by atoms with van der Waals surface area (Å²) in [5.74, 6) is -1.13. The van der Waals surface area contributed by atoms with Gasteiger partial charge in [0.2, 0.25) is 0 Å². The number of aliphatic carboxylic acids is 1. The number of halogens is 3. The van der Waals surface area contributed by atoms with Crippen LogP contribution in [0.25, 0.3) is 0 Å². The van der Waals surface area contributed by atoms with E-state index in [1.54, 1.807) is 6.92 Å². The molecule has 0 saturated heterocycles. The third-order valence-electron chi connectivity index (χ3n) is 2.23. The van der Waals surface area contributed by atoms with E-state index in [2.05, 4.69) is 15.9 Å². The summed E-state index contributed by atoms with van der Waals surface area (Å²) < 4.78 is 5.24. The molecule has 0 aliphatic rings. The Morgan fingerprint density at radius 2 is 2.00 bits per heavy atom. The summed E-state index contributed by atoms with van der Waals surface area (Å²) in [6.45, 7) is 2.22. The van der Waals surface area contributed by atoms with E-state index in [4.69, 9.17) is 33.0 Å². The molecule has 0 saturated carbocycles. The Morgan fingerprint density at radius 1 is 1.37 bits per heavy atom. The molecule has 0 aliphatic carbocycles. The van der Waals surface area contributed by atoms with Gasteiger partial charge in [-0.15, -0.1) is 0 Å². The first-order valence-corrected chi connectivity index (χ1v) is 7.05. The minimum atomic E-state index is -1.08. The van der Waals surface area contributed by atoms with Gasteiger partial charge in [0.1, 0.15) is 5.75 Å². The lowest BCUT2D eigenvalue weighted by molar-refractivity contribution is -0.136. The Bertz CT molecular complexity index is 505. The van der Waals surface area contributed by atoms with Gasteiger partial charge in [0.05, 0.1) is 27.9 Å². The summed E-state index contributed by atoms with van der Waals surface area (Å²) >= 11 is 15.0. The van der Waals surface area contributed by atoms with Gasteiger partial charge < -0.3 is 9.84 Å². The molecule has 1 aromatic carbocycles. The zero-order valence-electron chi connectivity index (χ0n) is 9.95. The Hall–Kier alpha value is -0.780. The van der Waals surface area contributed by atoms with Crippen LogP contribution in [0.1, 0.15) is 23.7 Å². The lowest BCUT2D eigenvalue weighted by atomic mass is 10.1. The van der Waals surface area contributed by atoms with Gasteiger partial charge in [-0.25, -0.2) is 0 Å². The maximum absolute atomic E-state index is 12.0. The number of carbonyl (C=O) groups excluding carboxylic acids is 1. The molecule has 1 aromatic rings. The van der Waals surface area contributed by atoms with Crippen LogP contribution in [0.4, 0.5) is 0 Å². The minimum Gasteiger partial charge on any atom is -0.492 e. The van der Waals surface area contributed by atoms with Crippen LogP contribution in [0.2, 0.25) is 10.0 Å². The SMILES string of the molecule is CCOc1cc(Cl)c(C(=O)C(Br)CC(=O)O)cc1Cl. The third kappa shape index (κ3) is 4.37. The highest BCUT2D eigenvalue weighted by Gasteiger charge is 2.23. The molecule has 19 heavy (non-hydrogen) atoms. The summed E-state index contributed by atoms with van der Waals surface area (Å²) in [6, 6.07) is 2.83. The normalized spacial score (nSPS) is 12.0. The molecule has 0 aliphatic heterocycles. The summed E-state index contributed by atoms with van der Waals surface area (Å²) in [7, 11) is 0. The van der Waals surface area contributed by atoms with Crippen molar-refractivity contribution in [2.75, 3.05) is 6.61 Å². The quantitative estimate of drug-likeness (QED) is 0.611. The van der Waals surface area contributed by atoms with Gasteiger partial charge in [-0.1, -0.05) is 39.1 Å². The molecule has 1 unspecified atom stereocenters. The van der Waals surface area contributed by atoms with Crippen LogP contribution in [0.3, 0.4) is 0 Å². The summed E-state index contributed by atoms with van der Waals surface area (Å²) in [5, 5.41) is 9.08. The summed E-state index contributed by atoms with van der Waals surface area (Å²) in [4.78, 5) is 21.8. The Balaban J connectivity index is 3.04. The van der Waals surface area contributed by atoms with E-state index >= 15 is 0 Å². The number of Topliss-reactive ketones (excluding diaryl/α,β-unsaturated/α-hetero) is 1. The van der Waals surface area contributed by atoms with Gasteiger partial charge >= 0.3 is 5.97 Å². The zero-order chi connectivity index (χ0) is 14.6. The molecule has 0 radical (unpaired) electrons. The number of carboxylic acid groups (broad SMARTS) is 1. The second-order valence-corrected chi connectivity index (χ2v) is 5.54. The van der Waals surface area contributed by atoms with Crippen molar-refractivity contribution < 1.29 is 19.4 Å². The highest BCUT2D eigenvalue weighted by molar-refractivity contribution is 9.10. The van der Waals surface area contributed by atoms with E-state index in [0.717, 1.165) is 0 Å². The predicted molar refractivity (Wildman–Crippen MR) is 76.9 cm³/mol. The minimum absolute atomic E-state index is 0.165. The van der Waals surface area contributed by atoms with Crippen molar-refractivity contribution in [3.63, 3.8) is 0 Å². The largest absolute Gasteiger partial charge is 0.492 e. The molecule has 1 N–H and O–H groups in total. The maximum Gasteiger partial charge on any atom is 0.304 e. The number of hydrogen-bond acceptors (Lipinski definition) is 3. The van der Waals surface area contributed by atoms with Crippen LogP contribution in [0, 0.1) is 0 Å². The third-order valence-corrected chi connectivity index (χ3v) is 3.57. The first kappa shape index (κ1) is 16.3. The van der Waals surface area contributed by atoms with E-state index in [9.17, 15) is 9.59 Å². The highest BCUT2D eigenvalue weighted by atomic mass is 79.9. The van der Waals surface area contributed by atoms with Crippen molar-refractivity contribution in [3.8, 4) is 5.75 Å². The van der Waals surface area contributed by atoms with Gasteiger partial charge in [0.25, 0.3) is 0 Å². The monoisotopic (exact) mass is 368 g/mol. The molecule has 104 valence electrons. The smallest absolute Gasteiger partial charge is 0.304 e.